The van der Waals surface area contributed by atoms with Crippen molar-refractivity contribution in [2.24, 2.45) is 0 Å². The van der Waals surface area contributed by atoms with E-state index in [0.717, 1.165) is 6.07 Å². The maximum atomic E-state index is 12.8. The summed E-state index contributed by atoms with van der Waals surface area (Å²) in [4.78, 5) is 13.3. The first-order valence-electron chi connectivity index (χ1n) is 5.13. The molecule has 0 saturated carbocycles. The van der Waals surface area contributed by atoms with Gasteiger partial charge in [-0.05, 0) is 32.0 Å². The maximum absolute atomic E-state index is 12.8. The first-order chi connectivity index (χ1) is 7.70. The van der Waals surface area contributed by atoms with Gasteiger partial charge in [-0.25, -0.2) is 4.39 Å². The molecule has 1 aromatic carbocycles. The fourth-order valence-corrected chi connectivity index (χ4v) is 1.77. The van der Waals surface area contributed by atoms with Crippen LogP contribution in [0.15, 0.2) is 18.2 Å². The monoisotopic (exact) mass is 259 g/mol. The molecular weight excluding hydrogens is 245 g/mol. The Morgan fingerprint density at radius 2 is 2.12 bits per heavy atom. The molecule has 5 heteroatoms. The Morgan fingerprint density at radius 3 is 2.59 bits per heavy atom. The zero-order valence-corrected chi connectivity index (χ0v) is 10.8. The number of hydrogen-bond acceptors (Lipinski definition) is 2. The smallest absolute Gasteiger partial charge is 0.255 e. The number of carbonyl (C=O) groups excluding carboxylic acids is 1. The second-order valence-corrected chi connectivity index (χ2v) is 5.01. The summed E-state index contributed by atoms with van der Waals surface area (Å²) in [5.41, 5.74) is -0.767. The van der Waals surface area contributed by atoms with Crippen LogP contribution in [0.3, 0.4) is 0 Å². The van der Waals surface area contributed by atoms with Crippen molar-refractivity contribution in [3.63, 3.8) is 0 Å². The van der Waals surface area contributed by atoms with Gasteiger partial charge in [0.15, 0.2) is 0 Å². The summed E-state index contributed by atoms with van der Waals surface area (Å²) in [5.74, 6) is -0.839. The Morgan fingerprint density at radius 1 is 1.53 bits per heavy atom. The molecule has 0 spiro atoms. The first kappa shape index (κ1) is 13.9. The molecule has 0 unspecified atom stereocenters. The lowest BCUT2D eigenvalue weighted by molar-refractivity contribution is 0.0368. The Labute approximate surface area is 105 Å². The molecule has 17 heavy (non-hydrogen) atoms. The molecule has 1 N–H and O–H groups in total. The van der Waals surface area contributed by atoms with Gasteiger partial charge in [0.2, 0.25) is 0 Å². The van der Waals surface area contributed by atoms with Crippen LogP contribution in [0.25, 0.3) is 0 Å². The van der Waals surface area contributed by atoms with Crippen LogP contribution in [0.5, 0.6) is 0 Å². The normalized spacial score (nSPS) is 11.4. The van der Waals surface area contributed by atoms with E-state index < -0.39 is 11.4 Å². The van der Waals surface area contributed by atoms with Gasteiger partial charge in [-0.15, -0.1) is 0 Å². The molecule has 0 atom stereocenters. The Balaban J connectivity index is 2.89. The molecule has 0 bridgehead atoms. The van der Waals surface area contributed by atoms with E-state index >= 15 is 0 Å². The number of amides is 1. The third-order valence-electron chi connectivity index (χ3n) is 2.13. The van der Waals surface area contributed by atoms with Crippen molar-refractivity contribution in [2.75, 3.05) is 13.6 Å². The lowest BCUT2D eigenvalue weighted by atomic mass is 10.1. The van der Waals surface area contributed by atoms with Crippen molar-refractivity contribution >= 4 is 17.5 Å². The predicted molar refractivity (Wildman–Crippen MR) is 64.7 cm³/mol. The molecule has 1 amide bonds. The van der Waals surface area contributed by atoms with Crippen LogP contribution in [0.4, 0.5) is 4.39 Å². The molecule has 0 fully saturated rings. The molecule has 0 aliphatic rings. The van der Waals surface area contributed by atoms with Crippen LogP contribution in [0.1, 0.15) is 24.2 Å². The average molecular weight is 260 g/mol. The van der Waals surface area contributed by atoms with E-state index in [1.165, 1.54) is 17.0 Å². The molecule has 0 heterocycles. The second kappa shape index (κ2) is 5.02. The highest BCUT2D eigenvalue weighted by atomic mass is 35.5. The number of aliphatic hydroxyl groups is 1. The Hall–Kier alpha value is -1.13. The predicted octanol–water partition coefficient (Wildman–Crippen LogP) is 2.32. The van der Waals surface area contributed by atoms with Crippen molar-refractivity contribution < 1.29 is 14.3 Å². The van der Waals surface area contributed by atoms with Gasteiger partial charge in [0.25, 0.3) is 5.91 Å². The fourth-order valence-electron chi connectivity index (χ4n) is 1.52. The molecule has 0 radical (unpaired) electrons. The summed E-state index contributed by atoms with van der Waals surface area (Å²) in [5, 5.41) is 9.68. The second-order valence-electron chi connectivity index (χ2n) is 4.60. The third kappa shape index (κ3) is 3.98. The molecule has 0 aliphatic carbocycles. The molecule has 0 aliphatic heterocycles. The number of hydrogen-bond donors (Lipinski definition) is 1. The van der Waals surface area contributed by atoms with Crippen LogP contribution in [-0.2, 0) is 0 Å². The van der Waals surface area contributed by atoms with Gasteiger partial charge in [-0.2, -0.15) is 0 Å². The van der Waals surface area contributed by atoms with Crippen LogP contribution in [0, 0.1) is 5.82 Å². The molecular formula is C12H15ClFNO2. The summed E-state index contributed by atoms with van der Waals surface area (Å²) in [6.07, 6.45) is 0. The topological polar surface area (TPSA) is 40.5 Å². The number of carbonyl (C=O) groups is 1. The van der Waals surface area contributed by atoms with Crippen molar-refractivity contribution in [3.05, 3.63) is 34.6 Å². The van der Waals surface area contributed by atoms with E-state index in [0.29, 0.717) is 0 Å². The van der Waals surface area contributed by atoms with Crippen LogP contribution < -0.4 is 0 Å². The van der Waals surface area contributed by atoms with Gasteiger partial charge in [0, 0.05) is 13.6 Å². The lowest BCUT2D eigenvalue weighted by Gasteiger charge is -2.25. The number of likely N-dealkylation sites (N-methyl/N-ethyl adjacent to an activating group) is 1. The zero-order valence-electron chi connectivity index (χ0n) is 10.00. The summed E-state index contributed by atoms with van der Waals surface area (Å²) in [6.45, 7) is 3.37. The highest BCUT2D eigenvalue weighted by Crippen LogP contribution is 2.19. The maximum Gasteiger partial charge on any atom is 0.255 e. The summed E-state index contributed by atoms with van der Waals surface area (Å²) >= 11 is 5.79. The fraction of sp³-hybridized carbons (Fsp3) is 0.417. The number of nitrogens with zero attached hydrogens (tertiary/aromatic N) is 1. The van der Waals surface area contributed by atoms with E-state index in [1.807, 2.05) is 0 Å². The summed E-state index contributed by atoms with van der Waals surface area (Å²) < 4.78 is 12.8. The SMILES string of the molecule is CN(CC(C)(C)O)C(=O)c1ccc(F)cc1Cl. The van der Waals surface area contributed by atoms with Crippen molar-refractivity contribution in [1.82, 2.24) is 4.90 Å². The van der Waals surface area contributed by atoms with Crippen LogP contribution in [-0.4, -0.2) is 35.1 Å². The van der Waals surface area contributed by atoms with Crippen molar-refractivity contribution in [2.45, 2.75) is 19.4 Å². The molecule has 1 rings (SSSR count). The van der Waals surface area contributed by atoms with E-state index in [9.17, 15) is 14.3 Å². The number of benzene rings is 1. The van der Waals surface area contributed by atoms with E-state index in [2.05, 4.69) is 0 Å². The summed E-state index contributed by atoms with van der Waals surface area (Å²) in [6, 6.07) is 3.60. The molecule has 94 valence electrons. The lowest BCUT2D eigenvalue weighted by Crippen LogP contribution is -2.39. The average Bonchev–Trinajstić information content (AvgIpc) is 2.14. The highest BCUT2D eigenvalue weighted by molar-refractivity contribution is 6.33. The standard InChI is InChI=1S/C12H15ClFNO2/c1-12(2,17)7-15(3)11(16)9-5-4-8(14)6-10(9)13/h4-6,17H,7H2,1-3H3. The van der Waals surface area contributed by atoms with Gasteiger partial charge in [0.1, 0.15) is 5.82 Å². The summed E-state index contributed by atoms with van der Waals surface area (Å²) in [7, 11) is 1.56. The van der Waals surface area contributed by atoms with Crippen LogP contribution in [0.2, 0.25) is 5.02 Å². The number of halogens is 2. The zero-order chi connectivity index (χ0) is 13.2. The minimum Gasteiger partial charge on any atom is -0.389 e. The van der Waals surface area contributed by atoms with Gasteiger partial charge in [0.05, 0.1) is 16.2 Å². The minimum atomic E-state index is -0.989. The Kier molecular flexibility index (Phi) is 4.11. The molecule has 0 saturated heterocycles. The van der Waals surface area contributed by atoms with Gasteiger partial charge < -0.3 is 10.0 Å². The van der Waals surface area contributed by atoms with Gasteiger partial charge >= 0.3 is 0 Å². The highest BCUT2D eigenvalue weighted by Gasteiger charge is 2.21. The largest absolute Gasteiger partial charge is 0.389 e. The van der Waals surface area contributed by atoms with Gasteiger partial charge in [-0.3, -0.25) is 4.79 Å². The number of rotatable bonds is 3. The van der Waals surface area contributed by atoms with E-state index in [1.54, 1.807) is 20.9 Å². The molecule has 1 aromatic rings. The first-order valence-corrected chi connectivity index (χ1v) is 5.51. The molecule has 3 nitrogen and oxygen atoms in total. The van der Waals surface area contributed by atoms with E-state index in [-0.39, 0.29) is 23.0 Å². The van der Waals surface area contributed by atoms with Crippen LogP contribution >= 0.6 is 11.6 Å². The Bertz CT molecular complexity index is 429. The minimum absolute atomic E-state index is 0.0672. The quantitative estimate of drug-likeness (QED) is 0.905. The third-order valence-corrected chi connectivity index (χ3v) is 2.45. The van der Waals surface area contributed by atoms with Crippen molar-refractivity contribution in [3.8, 4) is 0 Å². The van der Waals surface area contributed by atoms with E-state index in [4.69, 9.17) is 11.6 Å². The van der Waals surface area contributed by atoms with Gasteiger partial charge in [-0.1, -0.05) is 11.6 Å². The molecule has 0 aromatic heterocycles. The van der Waals surface area contributed by atoms with Crippen molar-refractivity contribution in [1.29, 1.82) is 0 Å².